The average molecular weight is 447 g/mol. The van der Waals surface area contributed by atoms with Gasteiger partial charge in [-0.3, -0.25) is 14.9 Å². The quantitative estimate of drug-likeness (QED) is 0.459. The summed E-state index contributed by atoms with van der Waals surface area (Å²) in [5.41, 5.74) is -1.24. The largest absolute Gasteiger partial charge is 0.456 e. The van der Waals surface area contributed by atoms with Crippen LogP contribution in [0.5, 0.6) is 11.5 Å². The molecule has 1 amide bonds. The van der Waals surface area contributed by atoms with E-state index < -0.39 is 28.7 Å². The third-order valence-corrected chi connectivity index (χ3v) is 4.39. The molecule has 162 valence electrons. The van der Waals surface area contributed by atoms with Crippen molar-refractivity contribution >= 4 is 23.2 Å². The van der Waals surface area contributed by atoms with Gasteiger partial charge in [-0.2, -0.15) is 13.2 Å². The number of rotatable bonds is 8. The predicted molar refractivity (Wildman–Crippen MR) is 103 cm³/mol. The van der Waals surface area contributed by atoms with Crippen molar-refractivity contribution in [1.29, 1.82) is 0 Å². The molecular weight excluding hydrogens is 429 g/mol. The molecule has 0 aromatic heterocycles. The number of nitro groups is 1. The number of nitrogens with one attached hydrogen (secondary N) is 1. The zero-order valence-electron chi connectivity index (χ0n) is 15.7. The molecule has 2 aromatic rings. The molecule has 0 fully saturated rings. The van der Waals surface area contributed by atoms with Crippen LogP contribution in [0.3, 0.4) is 0 Å². The van der Waals surface area contributed by atoms with E-state index in [9.17, 15) is 33.2 Å². The van der Waals surface area contributed by atoms with Crippen molar-refractivity contribution in [1.82, 2.24) is 5.32 Å². The number of nitro benzene ring substituents is 1. The van der Waals surface area contributed by atoms with Crippen LogP contribution in [0.4, 0.5) is 18.9 Å². The number of aliphatic hydroxyl groups is 1. The Kier molecular flexibility index (Phi) is 7.63. The maximum atomic E-state index is 12.7. The normalized spacial score (nSPS) is 12.3. The molecule has 0 aliphatic heterocycles. The van der Waals surface area contributed by atoms with Gasteiger partial charge in [0.05, 0.1) is 28.0 Å². The highest BCUT2D eigenvalue weighted by atomic mass is 35.5. The molecule has 2 N–H and O–H groups in total. The molecule has 0 spiro atoms. The highest BCUT2D eigenvalue weighted by Crippen LogP contribution is 2.37. The van der Waals surface area contributed by atoms with Crippen molar-refractivity contribution in [2.45, 2.75) is 32.0 Å². The minimum Gasteiger partial charge on any atom is -0.456 e. The lowest BCUT2D eigenvalue weighted by Crippen LogP contribution is -2.32. The Morgan fingerprint density at radius 1 is 1.30 bits per heavy atom. The van der Waals surface area contributed by atoms with Gasteiger partial charge in [-0.25, -0.2) is 0 Å². The fourth-order valence-corrected chi connectivity index (χ4v) is 2.66. The van der Waals surface area contributed by atoms with E-state index in [4.69, 9.17) is 16.3 Å². The van der Waals surface area contributed by atoms with Gasteiger partial charge in [0.25, 0.3) is 5.69 Å². The van der Waals surface area contributed by atoms with Gasteiger partial charge in [0.15, 0.2) is 0 Å². The number of aliphatic hydroxyl groups excluding tert-OH is 1. The van der Waals surface area contributed by atoms with Crippen LogP contribution in [0.25, 0.3) is 0 Å². The Morgan fingerprint density at radius 2 is 2.00 bits per heavy atom. The molecule has 0 aliphatic carbocycles. The fourth-order valence-electron chi connectivity index (χ4n) is 2.44. The summed E-state index contributed by atoms with van der Waals surface area (Å²) < 4.78 is 43.7. The fraction of sp³-hybridized carbons (Fsp3) is 0.316. The van der Waals surface area contributed by atoms with E-state index in [0.717, 1.165) is 18.2 Å². The zero-order chi connectivity index (χ0) is 22.5. The van der Waals surface area contributed by atoms with E-state index in [0.29, 0.717) is 12.5 Å². The first kappa shape index (κ1) is 23.4. The van der Waals surface area contributed by atoms with Crippen LogP contribution in [0.15, 0.2) is 36.4 Å². The summed E-state index contributed by atoms with van der Waals surface area (Å²) >= 11 is 5.85. The second-order valence-corrected chi connectivity index (χ2v) is 6.74. The number of hydrogen-bond acceptors (Lipinski definition) is 5. The topological polar surface area (TPSA) is 102 Å². The molecule has 1 atom stereocenters. The van der Waals surface area contributed by atoms with Gasteiger partial charge >= 0.3 is 6.18 Å². The summed E-state index contributed by atoms with van der Waals surface area (Å²) in [6, 6.07) is 6.13. The third-order valence-electron chi connectivity index (χ3n) is 4.09. The molecule has 0 bridgehead atoms. The first-order valence-electron chi connectivity index (χ1n) is 8.78. The van der Waals surface area contributed by atoms with Gasteiger partial charge in [0.2, 0.25) is 5.91 Å². The Hall–Kier alpha value is -2.85. The molecule has 1 unspecified atom stereocenters. The second kappa shape index (κ2) is 9.77. The van der Waals surface area contributed by atoms with Crippen LogP contribution in [-0.4, -0.2) is 28.6 Å². The first-order chi connectivity index (χ1) is 14.0. The summed E-state index contributed by atoms with van der Waals surface area (Å²) in [4.78, 5) is 22.6. The van der Waals surface area contributed by atoms with E-state index in [1.54, 1.807) is 6.92 Å². The lowest BCUT2D eigenvalue weighted by molar-refractivity contribution is -0.385. The summed E-state index contributed by atoms with van der Waals surface area (Å²) in [5, 5.41) is 22.9. The molecule has 7 nitrogen and oxygen atoms in total. The standard InChI is InChI=1S/C19H18ClF3N2O5/c1-2-13(26)10-24-18(27)8-11-7-14(4-5-16(11)25(28)29)30-17-6-3-12(9-15(17)20)19(21,22)23/h3-7,9,13,26H,2,8,10H2,1H3,(H,24,27). The molecular formula is C19H18ClF3N2O5. The van der Waals surface area contributed by atoms with E-state index in [1.807, 2.05) is 0 Å². The number of carbonyl (C=O) groups is 1. The predicted octanol–water partition coefficient (Wildman–Crippen LogP) is 4.49. The minimum atomic E-state index is -4.57. The number of ether oxygens (including phenoxy) is 1. The molecule has 11 heteroatoms. The number of nitrogens with zero attached hydrogens (tertiary/aromatic N) is 1. The van der Waals surface area contributed by atoms with Crippen molar-refractivity contribution in [2.75, 3.05) is 6.54 Å². The van der Waals surface area contributed by atoms with Gasteiger partial charge in [0, 0.05) is 18.2 Å². The van der Waals surface area contributed by atoms with Gasteiger partial charge in [-0.1, -0.05) is 18.5 Å². The molecule has 0 saturated heterocycles. The number of alkyl halides is 3. The summed E-state index contributed by atoms with van der Waals surface area (Å²) in [7, 11) is 0. The van der Waals surface area contributed by atoms with E-state index in [2.05, 4.69) is 5.32 Å². The first-order valence-corrected chi connectivity index (χ1v) is 9.15. The van der Waals surface area contributed by atoms with E-state index >= 15 is 0 Å². The second-order valence-electron chi connectivity index (χ2n) is 6.34. The maximum Gasteiger partial charge on any atom is 0.416 e. The average Bonchev–Trinajstić information content (AvgIpc) is 2.66. The third kappa shape index (κ3) is 6.33. The zero-order valence-corrected chi connectivity index (χ0v) is 16.5. The number of hydrogen-bond donors (Lipinski definition) is 2. The smallest absolute Gasteiger partial charge is 0.416 e. The van der Waals surface area contributed by atoms with Crippen LogP contribution >= 0.6 is 11.6 Å². The van der Waals surface area contributed by atoms with Crippen LogP contribution < -0.4 is 10.1 Å². The highest BCUT2D eigenvalue weighted by Gasteiger charge is 2.31. The highest BCUT2D eigenvalue weighted by molar-refractivity contribution is 6.32. The van der Waals surface area contributed by atoms with Gasteiger partial charge in [-0.05, 0) is 36.8 Å². The number of carbonyl (C=O) groups excluding carboxylic acids is 1. The molecule has 2 aromatic carbocycles. The summed E-state index contributed by atoms with van der Waals surface area (Å²) in [6.45, 7) is 1.73. The van der Waals surface area contributed by atoms with Crippen LogP contribution in [0, 0.1) is 10.1 Å². The van der Waals surface area contributed by atoms with Crippen molar-refractivity contribution in [3.05, 3.63) is 62.7 Å². The summed E-state index contributed by atoms with van der Waals surface area (Å²) in [5.74, 6) is -0.575. The van der Waals surface area contributed by atoms with Crippen molar-refractivity contribution < 1.29 is 32.7 Å². The lowest BCUT2D eigenvalue weighted by Gasteiger charge is -2.12. The Balaban J connectivity index is 2.23. The number of halogens is 4. The molecule has 0 radical (unpaired) electrons. The molecule has 0 saturated carbocycles. The van der Waals surface area contributed by atoms with Gasteiger partial charge in [0.1, 0.15) is 11.5 Å². The van der Waals surface area contributed by atoms with Gasteiger partial charge in [-0.15, -0.1) is 0 Å². The Labute approximate surface area is 174 Å². The molecule has 0 heterocycles. The van der Waals surface area contributed by atoms with Gasteiger partial charge < -0.3 is 15.2 Å². The van der Waals surface area contributed by atoms with Crippen molar-refractivity contribution in [3.8, 4) is 11.5 Å². The van der Waals surface area contributed by atoms with Crippen molar-refractivity contribution in [2.24, 2.45) is 0 Å². The van der Waals surface area contributed by atoms with E-state index in [-0.39, 0.29) is 40.7 Å². The van der Waals surface area contributed by atoms with Crippen LogP contribution in [0.1, 0.15) is 24.5 Å². The van der Waals surface area contributed by atoms with Crippen LogP contribution in [-0.2, 0) is 17.4 Å². The number of amides is 1. The Bertz CT molecular complexity index is 937. The molecule has 2 rings (SSSR count). The maximum absolute atomic E-state index is 12.7. The molecule has 0 aliphatic rings. The summed E-state index contributed by atoms with van der Waals surface area (Å²) in [6.07, 6.45) is -5.23. The monoisotopic (exact) mass is 446 g/mol. The Morgan fingerprint density at radius 3 is 2.57 bits per heavy atom. The number of benzene rings is 2. The van der Waals surface area contributed by atoms with E-state index in [1.165, 1.54) is 12.1 Å². The van der Waals surface area contributed by atoms with Crippen LogP contribution in [0.2, 0.25) is 5.02 Å². The van der Waals surface area contributed by atoms with Crippen molar-refractivity contribution in [3.63, 3.8) is 0 Å². The minimum absolute atomic E-state index is 0.000480. The SMILES string of the molecule is CCC(O)CNC(=O)Cc1cc(Oc2ccc(C(F)(F)F)cc2Cl)ccc1[N+](=O)[O-]. The molecule has 30 heavy (non-hydrogen) atoms. The lowest BCUT2D eigenvalue weighted by atomic mass is 10.1.